The second-order valence-electron chi connectivity index (χ2n) is 6.89. The van der Waals surface area contributed by atoms with Gasteiger partial charge in [0.05, 0.1) is 25.5 Å². The highest BCUT2D eigenvalue weighted by Gasteiger charge is 2.41. The molecule has 0 saturated heterocycles. The molecular formula is C17H25NO5. The molecule has 2 rings (SSSR count). The molecule has 0 spiro atoms. The van der Waals surface area contributed by atoms with Crippen LogP contribution in [0.15, 0.2) is 12.1 Å². The fourth-order valence-corrected chi connectivity index (χ4v) is 2.27. The lowest BCUT2D eigenvalue weighted by molar-refractivity contribution is 0.0635. The predicted molar refractivity (Wildman–Crippen MR) is 87.3 cm³/mol. The van der Waals surface area contributed by atoms with Crippen molar-refractivity contribution in [2.24, 2.45) is 0 Å². The Morgan fingerprint density at radius 2 is 1.78 bits per heavy atom. The summed E-state index contributed by atoms with van der Waals surface area (Å²) in [6.45, 7) is 5.40. The van der Waals surface area contributed by atoms with Crippen molar-refractivity contribution in [3.8, 4) is 11.5 Å². The molecule has 0 heterocycles. The first-order valence-electron chi connectivity index (χ1n) is 7.63. The van der Waals surface area contributed by atoms with Gasteiger partial charge in [-0.2, -0.15) is 0 Å². The van der Waals surface area contributed by atoms with E-state index in [1.54, 1.807) is 40.0 Å². The minimum absolute atomic E-state index is 0.443. The highest BCUT2D eigenvalue weighted by atomic mass is 16.6. The molecule has 2 N–H and O–H groups in total. The van der Waals surface area contributed by atoms with E-state index in [0.29, 0.717) is 23.6 Å². The highest BCUT2D eigenvalue weighted by molar-refractivity contribution is 5.86. The Labute approximate surface area is 136 Å². The number of anilines is 1. The van der Waals surface area contributed by atoms with E-state index >= 15 is 0 Å². The third kappa shape index (κ3) is 4.76. The number of benzene rings is 1. The first-order valence-corrected chi connectivity index (χ1v) is 7.63. The number of hydrogen-bond acceptors (Lipinski definition) is 5. The quantitative estimate of drug-likeness (QED) is 0.870. The number of ether oxygens (including phenoxy) is 3. The summed E-state index contributed by atoms with van der Waals surface area (Å²) in [5.74, 6) is 1.06. The SMILES string of the molecule is COc1cc(CC2(O)CC2)c(NC(=O)OC(C)(C)C)cc1OC. The van der Waals surface area contributed by atoms with Gasteiger partial charge < -0.3 is 19.3 Å². The molecule has 6 nitrogen and oxygen atoms in total. The molecule has 0 bridgehead atoms. The summed E-state index contributed by atoms with van der Waals surface area (Å²) in [6.07, 6.45) is 1.41. The Bertz CT molecular complexity index is 587. The van der Waals surface area contributed by atoms with Crippen LogP contribution in [-0.2, 0) is 11.2 Å². The van der Waals surface area contributed by atoms with E-state index in [9.17, 15) is 9.90 Å². The molecule has 1 saturated carbocycles. The maximum atomic E-state index is 12.0. The summed E-state index contributed by atoms with van der Waals surface area (Å²) in [4.78, 5) is 12.0. The van der Waals surface area contributed by atoms with Gasteiger partial charge in [0.25, 0.3) is 0 Å². The van der Waals surface area contributed by atoms with Gasteiger partial charge in [-0.1, -0.05) is 0 Å². The van der Waals surface area contributed by atoms with Gasteiger partial charge in [0.15, 0.2) is 11.5 Å². The predicted octanol–water partition coefficient (Wildman–Crippen LogP) is 3.12. The molecule has 0 aromatic heterocycles. The molecule has 1 aliphatic rings. The van der Waals surface area contributed by atoms with Gasteiger partial charge in [-0.15, -0.1) is 0 Å². The van der Waals surface area contributed by atoms with Crippen LogP contribution in [0.2, 0.25) is 0 Å². The molecule has 1 aromatic rings. The second-order valence-corrected chi connectivity index (χ2v) is 6.89. The van der Waals surface area contributed by atoms with Gasteiger partial charge in [-0.25, -0.2) is 4.79 Å². The summed E-state index contributed by atoms with van der Waals surface area (Å²) < 4.78 is 15.9. The Balaban J connectivity index is 2.28. The normalized spacial score (nSPS) is 15.7. The number of carbonyl (C=O) groups is 1. The van der Waals surface area contributed by atoms with Crippen LogP contribution in [0.25, 0.3) is 0 Å². The monoisotopic (exact) mass is 323 g/mol. The third-order valence-electron chi connectivity index (χ3n) is 3.59. The van der Waals surface area contributed by atoms with E-state index < -0.39 is 17.3 Å². The minimum Gasteiger partial charge on any atom is -0.493 e. The summed E-state index contributed by atoms with van der Waals surface area (Å²) in [7, 11) is 3.08. The van der Waals surface area contributed by atoms with Crippen molar-refractivity contribution in [3.63, 3.8) is 0 Å². The van der Waals surface area contributed by atoms with E-state index in [1.165, 1.54) is 7.11 Å². The van der Waals surface area contributed by atoms with Gasteiger partial charge in [0.1, 0.15) is 5.60 Å². The van der Waals surface area contributed by atoms with Crippen molar-refractivity contribution in [2.45, 2.75) is 51.2 Å². The molecule has 1 amide bonds. The topological polar surface area (TPSA) is 77.0 Å². The molecule has 1 aliphatic carbocycles. The summed E-state index contributed by atoms with van der Waals surface area (Å²) in [5.41, 5.74) is 0.0603. The number of carbonyl (C=O) groups excluding carboxylic acids is 1. The minimum atomic E-state index is -0.691. The van der Waals surface area contributed by atoms with E-state index in [2.05, 4.69) is 5.32 Å². The molecule has 0 aliphatic heterocycles. The molecule has 6 heteroatoms. The van der Waals surface area contributed by atoms with Crippen LogP contribution in [0.1, 0.15) is 39.2 Å². The number of rotatable bonds is 5. The zero-order valence-electron chi connectivity index (χ0n) is 14.4. The van der Waals surface area contributed by atoms with Crippen molar-refractivity contribution < 1.29 is 24.1 Å². The van der Waals surface area contributed by atoms with Crippen molar-refractivity contribution in [1.82, 2.24) is 0 Å². The number of amides is 1. The number of hydrogen-bond donors (Lipinski definition) is 2. The Morgan fingerprint density at radius 3 is 2.26 bits per heavy atom. The van der Waals surface area contributed by atoms with Crippen molar-refractivity contribution in [2.75, 3.05) is 19.5 Å². The summed E-state index contributed by atoms with van der Waals surface area (Å²) in [6, 6.07) is 3.46. The van der Waals surface area contributed by atoms with Crippen LogP contribution >= 0.6 is 0 Å². The van der Waals surface area contributed by atoms with E-state index in [-0.39, 0.29) is 0 Å². The molecule has 0 unspecified atom stereocenters. The van der Waals surface area contributed by atoms with E-state index in [0.717, 1.165) is 18.4 Å². The maximum Gasteiger partial charge on any atom is 0.412 e. The maximum absolute atomic E-state index is 12.0. The molecule has 0 atom stereocenters. The number of aliphatic hydroxyl groups is 1. The molecule has 128 valence electrons. The van der Waals surface area contributed by atoms with Crippen LogP contribution in [-0.4, -0.2) is 36.6 Å². The summed E-state index contributed by atoms with van der Waals surface area (Å²) in [5, 5.41) is 12.9. The standard InChI is InChI=1S/C17H25NO5/c1-16(2,3)23-15(19)18-12-9-14(22-5)13(21-4)8-11(12)10-17(20)6-7-17/h8-9,20H,6-7,10H2,1-5H3,(H,18,19). The van der Waals surface area contributed by atoms with Crippen LogP contribution in [0.4, 0.5) is 10.5 Å². The Kier molecular flexibility index (Phi) is 4.75. The lowest BCUT2D eigenvalue weighted by Crippen LogP contribution is -2.27. The smallest absolute Gasteiger partial charge is 0.412 e. The fraction of sp³-hybridized carbons (Fsp3) is 0.588. The number of nitrogens with one attached hydrogen (secondary N) is 1. The molecular weight excluding hydrogens is 298 g/mol. The largest absolute Gasteiger partial charge is 0.493 e. The number of methoxy groups -OCH3 is 2. The third-order valence-corrected chi connectivity index (χ3v) is 3.59. The van der Waals surface area contributed by atoms with Crippen LogP contribution < -0.4 is 14.8 Å². The van der Waals surface area contributed by atoms with Crippen molar-refractivity contribution in [3.05, 3.63) is 17.7 Å². The van der Waals surface area contributed by atoms with E-state index in [1.807, 2.05) is 0 Å². The van der Waals surface area contributed by atoms with Crippen molar-refractivity contribution in [1.29, 1.82) is 0 Å². The van der Waals surface area contributed by atoms with Crippen LogP contribution in [0, 0.1) is 0 Å². The Morgan fingerprint density at radius 1 is 1.22 bits per heavy atom. The highest BCUT2D eigenvalue weighted by Crippen LogP contribution is 2.42. The lowest BCUT2D eigenvalue weighted by atomic mass is 10.0. The average molecular weight is 323 g/mol. The lowest BCUT2D eigenvalue weighted by Gasteiger charge is -2.22. The van der Waals surface area contributed by atoms with Crippen LogP contribution in [0.5, 0.6) is 11.5 Å². The Hall–Kier alpha value is -1.95. The zero-order chi connectivity index (χ0) is 17.3. The van der Waals surface area contributed by atoms with Gasteiger partial charge in [0, 0.05) is 12.5 Å². The van der Waals surface area contributed by atoms with Crippen molar-refractivity contribution >= 4 is 11.8 Å². The van der Waals surface area contributed by atoms with Gasteiger partial charge in [-0.05, 0) is 45.2 Å². The zero-order valence-corrected chi connectivity index (χ0v) is 14.4. The van der Waals surface area contributed by atoms with Gasteiger partial charge in [0.2, 0.25) is 0 Å². The average Bonchev–Trinajstić information content (AvgIpc) is 3.15. The second kappa shape index (κ2) is 6.28. The van der Waals surface area contributed by atoms with Gasteiger partial charge in [-0.3, -0.25) is 5.32 Å². The molecule has 23 heavy (non-hydrogen) atoms. The first-order chi connectivity index (χ1) is 10.7. The van der Waals surface area contributed by atoms with E-state index in [4.69, 9.17) is 14.2 Å². The molecule has 1 fully saturated rings. The fourth-order valence-electron chi connectivity index (χ4n) is 2.27. The van der Waals surface area contributed by atoms with Crippen LogP contribution in [0.3, 0.4) is 0 Å². The summed E-state index contributed by atoms with van der Waals surface area (Å²) >= 11 is 0. The first kappa shape index (κ1) is 17.4. The van der Waals surface area contributed by atoms with Gasteiger partial charge >= 0.3 is 6.09 Å². The molecule has 1 aromatic carbocycles. The molecule has 0 radical (unpaired) electrons.